The highest BCUT2D eigenvalue weighted by Gasteiger charge is 2.12. The van der Waals surface area contributed by atoms with Crippen LogP contribution in [0.4, 0.5) is 0 Å². The Morgan fingerprint density at radius 3 is 2.53 bits per heavy atom. The fraction of sp³-hybridized carbons (Fsp3) is 0. The molecule has 0 radical (unpaired) electrons. The van der Waals surface area contributed by atoms with Crippen LogP contribution in [0.5, 0.6) is 11.5 Å². The molecule has 0 aliphatic heterocycles. The van der Waals surface area contributed by atoms with Crippen LogP contribution in [0.3, 0.4) is 0 Å². The van der Waals surface area contributed by atoms with Gasteiger partial charge in [-0.15, -0.1) is 0 Å². The number of phenols is 2. The van der Waals surface area contributed by atoms with Gasteiger partial charge in [-0.05, 0) is 18.2 Å². The van der Waals surface area contributed by atoms with Gasteiger partial charge >= 0.3 is 0 Å². The molecular formula is C15H11NO3. The molecule has 0 aliphatic carbocycles. The normalized spacial score (nSPS) is 10.5. The maximum atomic E-state index is 9.76. The van der Waals surface area contributed by atoms with Gasteiger partial charge in [-0.1, -0.05) is 30.3 Å². The third-order valence-electron chi connectivity index (χ3n) is 2.77. The van der Waals surface area contributed by atoms with Crippen molar-refractivity contribution in [2.45, 2.75) is 0 Å². The molecule has 2 aromatic carbocycles. The molecule has 19 heavy (non-hydrogen) atoms. The Labute approximate surface area is 109 Å². The molecule has 4 nitrogen and oxygen atoms in total. The van der Waals surface area contributed by atoms with Crippen molar-refractivity contribution >= 4 is 0 Å². The average molecular weight is 253 g/mol. The monoisotopic (exact) mass is 253 g/mol. The zero-order valence-electron chi connectivity index (χ0n) is 9.95. The van der Waals surface area contributed by atoms with Gasteiger partial charge in [0.25, 0.3) is 0 Å². The van der Waals surface area contributed by atoms with Crippen LogP contribution in [0, 0.1) is 0 Å². The van der Waals surface area contributed by atoms with Crippen LogP contribution in [0.25, 0.3) is 22.8 Å². The maximum absolute atomic E-state index is 9.76. The largest absolute Gasteiger partial charge is 0.508 e. The highest BCUT2D eigenvalue weighted by atomic mass is 16.4. The third-order valence-corrected chi connectivity index (χ3v) is 2.77. The zero-order chi connectivity index (χ0) is 13.2. The van der Waals surface area contributed by atoms with Crippen molar-refractivity contribution in [2.24, 2.45) is 0 Å². The molecule has 3 rings (SSSR count). The number of aromatic nitrogens is 1. The molecule has 1 aromatic heterocycles. The van der Waals surface area contributed by atoms with Gasteiger partial charge in [0.15, 0.2) is 5.76 Å². The molecular weight excluding hydrogens is 242 g/mol. The molecule has 3 aromatic rings. The minimum atomic E-state index is 0.0132. The van der Waals surface area contributed by atoms with Crippen LogP contribution in [0.15, 0.2) is 59.1 Å². The second-order valence-electron chi connectivity index (χ2n) is 4.10. The molecule has 2 N–H and O–H groups in total. The first-order valence-corrected chi connectivity index (χ1v) is 5.77. The van der Waals surface area contributed by atoms with E-state index < -0.39 is 0 Å². The lowest BCUT2D eigenvalue weighted by Crippen LogP contribution is -1.78. The topological polar surface area (TPSA) is 66.5 Å². The number of hydrogen-bond acceptors (Lipinski definition) is 4. The van der Waals surface area contributed by atoms with Crippen molar-refractivity contribution < 1.29 is 14.6 Å². The van der Waals surface area contributed by atoms with E-state index in [1.54, 1.807) is 6.20 Å². The highest BCUT2D eigenvalue weighted by molar-refractivity contribution is 5.66. The maximum Gasteiger partial charge on any atom is 0.230 e. The minimum absolute atomic E-state index is 0.0132. The SMILES string of the molecule is Oc1ccc(O)c(-c2ncc(-c3ccccc3)o2)c1. The summed E-state index contributed by atoms with van der Waals surface area (Å²) < 4.78 is 5.61. The van der Waals surface area contributed by atoms with Gasteiger partial charge in [0.05, 0.1) is 11.8 Å². The molecule has 94 valence electrons. The molecule has 0 unspecified atom stereocenters. The van der Waals surface area contributed by atoms with E-state index >= 15 is 0 Å². The second-order valence-corrected chi connectivity index (χ2v) is 4.10. The Kier molecular flexibility index (Phi) is 2.68. The van der Waals surface area contributed by atoms with E-state index in [9.17, 15) is 10.2 Å². The summed E-state index contributed by atoms with van der Waals surface area (Å²) in [5, 5.41) is 19.2. The van der Waals surface area contributed by atoms with E-state index in [1.807, 2.05) is 30.3 Å². The number of benzene rings is 2. The fourth-order valence-electron chi connectivity index (χ4n) is 1.83. The van der Waals surface area contributed by atoms with Crippen molar-refractivity contribution in [1.82, 2.24) is 4.98 Å². The van der Waals surface area contributed by atoms with Crippen LogP contribution >= 0.6 is 0 Å². The summed E-state index contributed by atoms with van der Waals surface area (Å²) in [4.78, 5) is 4.13. The predicted octanol–water partition coefficient (Wildman–Crippen LogP) is 3.42. The molecule has 0 atom stereocenters. The Morgan fingerprint density at radius 1 is 0.947 bits per heavy atom. The summed E-state index contributed by atoms with van der Waals surface area (Å²) in [7, 11) is 0. The van der Waals surface area contributed by atoms with E-state index in [-0.39, 0.29) is 17.4 Å². The summed E-state index contributed by atoms with van der Waals surface area (Å²) in [5.74, 6) is 0.942. The summed E-state index contributed by atoms with van der Waals surface area (Å²) in [5.41, 5.74) is 1.27. The zero-order valence-corrected chi connectivity index (χ0v) is 9.95. The smallest absolute Gasteiger partial charge is 0.230 e. The standard InChI is InChI=1S/C15H11NO3/c17-11-6-7-13(18)12(8-11)15-16-9-14(19-15)10-4-2-1-3-5-10/h1-9,17-18H. The number of aromatic hydroxyl groups is 2. The molecule has 0 aliphatic rings. The quantitative estimate of drug-likeness (QED) is 0.687. The predicted molar refractivity (Wildman–Crippen MR) is 70.7 cm³/mol. The molecule has 0 saturated carbocycles. The molecule has 1 heterocycles. The van der Waals surface area contributed by atoms with E-state index in [2.05, 4.69) is 4.98 Å². The average Bonchev–Trinajstić information content (AvgIpc) is 2.92. The van der Waals surface area contributed by atoms with E-state index in [4.69, 9.17) is 4.42 Å². The molecule has 0 spiro atoms. The Morgan fingerprint density at radius 2 is 1.74 bits per heavy atom. The van der Waals surface area contributed by atoms with Crippen LogP contribution in [-0.2, 0) is 0 Å². The van der Waals surface area contributed by atoms with Gasteiger partial charge in [0.2, 0.25) is 5.89 Å². The lowest BCUT2D eigenvalue weighted by atomic mass is 10.2. The summed E-state index contributed by atoms with van der Waals surface area (Å²) >= 11 is 0. The summed E-state index contributed by atoms with van der Waals surface area (Å²) in [6.07, 6.45) is 1.59. The van der Waals surface area contributed by atoms with Crippen molar-refractivity contribution in [1.29, 1.82) is 0 Å². The van der Waals surface area contributed by atoms with Crippen LogP contribution < -0.4 is 0 Å². The van der Waals surface area contributed by atoms with Gasteiger partial charge in [0, 0.05) is 5.56 Å². The van der Waals surface area contributed by atoms with Crippen molar-refractivity contribution in [3.63, 3.8) is 0 Å². The summed E-state index contributed by atoms with van der Waals surface area (Å²) in [6.45, 7) is 0. The van der Waals surface area contributed by atoms with E-state index in [0.29, 0.717) is 11.3 Å². The highest BCUT2D eigenvalue weighted by Crippen LogP contribution is 2.33. The third kappa shape index (κ3) is 2.15. The molecule has 4 heteroatoms. The number of oxazole rings is 1. The number of rotatable bonds is 2. The van der Waals surface area contributed by atoms with Gasteiger partial charge < -0.3 is 14.6 Å². The van der Waals surface area contributed by atoms with Gasteiger partial charge in [-0.25, -0.2) is 4.98 Å². The molecule has 0 bridgehead atoms. The first-order chi connectivity index (χ1) is 9.24. The number of phenolic OH excluding ortho intramolecular Hbond substituents is 2. The van der Waals surface area contributed by atoms with E-state index in [0.717, 1.165) is 5.56 Å². The van der Waals surface area contributed by atoms with Crippen molar-refractivity contribution in [3.05, 3.63) is 54.7 Å². The van der Waals surface area contributed by atoms with Gasteiger partial charge in [0.1, 0.15) is 11.5 Å². The van der Waals surface area contributed by atoms with Crippen LogP contribution in [0.2, 0.25) is 0 Å². The van der Waals surface area contributed by atoms with Crippen molar-refractivity contribution in [3.8, 4) is 34.3 Å². The molecule has 0 fully saturated rings. The fourth-order valence-corrected chi connectivity index (χ4v) is 1.83. The number of hydrogen-bond donors (Lipinski definition) is 2. The van der Waals surface area contributed by atoms with Gasteiger partial charge in [-0.2, -0.15) is 0 Å². The second kappa shape index (κ2) is 4.49. The number of nitrogens with zero attached hydrogens (tertiary/aromatic N) is 1. The van der Waals surface area contributed by atoms with Crippen LogP contribution in [-0.4, -0.2) is 15.2 Å². The summed E-state index contributed by atoms with van der Waals surface area (Å²) in [6, 6.07) is 13.8. The Bertz CT molecular complexity index is 704. The molecule has 0 saturated heterocycles. The molecule has 0 amide bonds. The Balaban J connectivity index is 2.04. The first-order valence-electron chi connectivity index (χ1n) is 5.77. The minimum Gasteiger partial charge on any atom is -0.508 e. The van der Waals surface area contributed by atoms with E-state index in [1.165, 1.54) is 18.2 Å². The van der Waals surface area contributed by atoms with Crippen LogP contribution in [0.1, 0.15) is 0 Å². The van der Waals surface area contributed by atoms with Crippen molar-refractivity contribution in [2.75, 3.05) is 0 Å². The van der Waals surface area contributed by atoms with Gasteiger partial charge in [-0.3, -0.25) is 0 Å². The lowest BCUT2D eigenvalue weighted by molar-refractivity contribution is 0.459. The Hall–Kier alpha value is -2.75. The lowest BCUT2D eigenvalue weighted by Gasteiger charge is -2.00. The first kappa shape index (κ1) is 11.3.